The number of hydrogen-bond donors (Lipinski definition) is 1. The van der Waals surface area contributed by atoms with Gasteiger partial charge in [0.1, 0.15) is 5.82 Å². The average molecular weight is 207 g/mol. The van der Waals surface area contributed by atoms with E-state index in [2.05, 4.69) is 37.1 Å². The van der Waals surface area contributed by atoms with Crippen molar-refractivity contribution in [2.24, 2.45) is 5.92 Å². The van der Waals surface area contributed by atoms with Gasteiger partial charge in [0, 0.05) is 20.1 Å². The first kappa shape index (κ1) is 11.8. The Bertz CT molecular complexity index is 290. The first-order chi connectivity index (χ1) is 7.00. The lowest BCUT2D eigenvalue weighted by atomic mass is 10.1. The van der Waals surface area contributed by atoms with E-state index in [0.717, 1.165) is 11.5 Å². The van der Waals surface area contributed by atoms with Crippen molar-refractivity contribution in [1.82, 2.24) is 4.98 Å². The summed E-state index contributed by atoms with van der Waals surface area (Å²) in [5, 5.41) is 3.43. The number of nitrogens with one attached hydrogen (secondary N) is 1. The lowest BCUT2D eigenvalue weighted by Crippen LogP contribution is -2.21. The van der Waals surface area contributed by atoms with Gasteiger partial charge in [-0.25, -0.2) is 4.98 Å². The summed E-state index contributed by atoms with van der Waals surface area (Å²) in [5.41, 5.74) is 1.09. The molecule has 0 spiro atoms. The Morgan fingerprint density at radius 1 is 1.20 bits per heavy atom. The second-order valence-electron chi connectivity index (χ2n) is 4.48. The third-order valence-electron chi connectivity index (χ3n) is 2.60. The molecule has 1 rings (SSSR count). The predicted octanol–water partition coefficient (Wildman–Crippen LogP) is 2.60. The van der Waals surface area contributed by atoms with E-state index in [4.69, 9.17) is 0 Å². The standard InChI is InChI=1S/C12H21N3/c1-9(2)10(3)14-11-6-7-12(13-8-11)15(4)5/h6-10,14H,1-5H3. The van der Waals surface area contributed by atoms with Crippen molar-refractivity contribution in [1.29, 1.82) is 0 Å². The fourth-order valence-electron chi connectivity index (χ4n) is 1.17. The second-order valence-corrected chi connectivity index (χ2v) is 4.48. The highest BCUT2D eigenvalue weighted by atomic mass is 15.1. The molecule has 0 aliphatic carbocycles. The Morgan fingerprint density at radius 2 is 1.87 bits per heavy atom. The van der Waals surface area contributed by atoms with Crippen LogP contribution in [0.1, 0.15) is 20.8 Å². The van der Waals surface area contributed by atoms with Crippen molar-refractivity contribution in [2.75, 3.05) is 24.3 Å². The lowest BCUT2D eigenvalue weighted by Gasteiger charge is -2.19. The highest BCUT2D eigenvalue weighted by molar-refractivity contribution is 5.48. The van der Waals surface area contributed by atoms with Crippen molar-refractivity contribution in [2.45, 2.75) is 26.8 Å². The number of anilines is 2. The predicted molar refractivity (Wildman–Crippen MR) is 66.5 cm³/mol. The van der Waals surface area contributed by atoms with Gasteiger partial charge < -0.3 is 10.2 Å². The summed E-state index contributed by atoms with van der Waals surface area (Å²) in [6, 6.07) is 4.56. The van der Waals surface area contributed by atoms with E-state index in [1.165, 1.54) is 0 Å². The van der Waals surface area contributed by atoms with Crippen LogP contribution >= 0.6 is 0 Å². The van der Waals surface area contributed by atoms with Crippen molar-refractivity contribution in [3.8, 4) is 0 Å². The van der Waals surface area contributed by atoms with Gasteiger partial charge in [-0.2, -0.15) is 0 Å². The molecule has 84 valence electrons. The molecule has 0 amide bonds. The van der Waals surface area contributed by atoms with Gasteiger partial charge in [0.2, 0.25) is 0 Å². The molecule has 3 nitrogen and oxygen atoms in total. The lowest BCUT2D eigenvalue weighted by molar-refractivity contribution is 0.560. The molecule has 15 heavy (non-hydrogen) atoms. The Labute approximate surface area is 92.5 Å². The molecule has 1 atom stereocenters. The minimum absolute atomic E-state index is 0.469. The third kappa shape index (κ3) is 3.42. The maximum atomic E-state index is 4.35. The van der Waals surface area contributed by atoms with E-state index in [9.17, 15) is 0 Å². The van der Waals surface area contributed by atoms with Crippen molar-refractivity contribution in [3.63, 3.8) is 0 Å². The first-order valence-corrected chi connectivity index (χ1v) is 5.40. The summed E-state index contributed by atoms with van der Waals surface area (Å²) in [4.78, 5) is 6.35. The van der Waals surface area contributed by atoms with E-state index in [-0.39, 0.29) is 0 Å². The van der Waals surface area contributed by atoms with Gasteiger partial charge in [0.25, 0.3) is 0 Å². The van der Waals surface area contributed by atoms with Crippen LogP contribution in [0.3, 0.4) is 0 Å². The minimum Gasteiger partial charge on any atom is -0.381 e. The van der Waals surface area contributed by atoms with Crippen LogP contribution in [0.15, 0.2) is 18.3 Å². The van der Waals surface area contributed by atoms with Gasteiger partial charge in [-0.05, 0) is 25.0 Å². The molecule has 0 saturated heterocycles. The van der Waals surface area contributed by atoms with Crippen LogP contribution in [0.5, 0.6) is 0 Å². The molecule has 1 N–H and O–H groups in total. The molecule has 3 heteroatoms. The SMILES string of the molecule is CC(C)C(C)Nc1ccc(N(C)C)nc1. The summed E-state index contributed by atoms with van der Waals surface area (Å²) in [6.45, 7) is 6.60. The normalized spacial score (nSPS) is 12.7. The molecule has 0 aliphatic heterocycles. The summed E-state index contributed by atoms with van der Waals surface area (Å²) in [7, 11) is 3.98. The molecule has 0 fully saturated rings. The molecule has 1 aromatic rings. The largest absolute Gasteiger partial charge is 0.381 e. The minimum atomic E-state index is 0.469. The number of nitrogens with zero attached hydrogens (tertiary/aromatic N) is 2. The fourth-order valence-corrected chi connectivity index (χ4v) is 1.17. The van der Waals surface area contributed by atoms with Crippen molar-refractivity contribution in [3.05, 3.63) is 18.3 Å². The van der Waals surface area contributed by atoms with Gasteiger partial charge >= 0.3 is 0 Å². The topological polar surface area (TPSA) is 28.2 Å². The highest BCUT2D eigenvalue weighted by Crippen LogP contribution is 2.14. The van der Waals surface area contributed by atoms with E-state index in [0.29, 0.717) is 12.0 Å². The van der Waals surface area contributed by atoms with E-state index in [1.54, 1.807) is 0 Å². The van der Waals surface area contributed by atoms with Crippen LogP contribution < -0.4 is 10.2 Å². The summed E-state index contributed by atoms with van der Waals surface area (Å²) in [5.74, 6) is 1.61. The maximum absolute atomic E-state index is 4.35. The van der Waals surface area contributed by atoms with Gasteiger partial charge in [0.05, 0.1) is 11.9 Å². The third-order valence-corrected chi connectivity index (χ3v) is 2.60. The Morgan fingerprint density at radius 3 is 2.27 bits per heavy atom. The Kier molecular flexibility index (Phi) is 3.95. The summed E-state index contributed by atoms with van der Waals surface area (Å²) >= 11 is 0. The second kappa shape index (κ2) is 5.01. The quantitative estimate of drug-likeness (QED) is 0.822. The van der Waals surface area contributed by atoms with Gasteiger partial charge in [-0.1, -0.05) is 13.8 Å². The number of hydrogen-bond acceptors (Lipinski definition) is 3. The maximum Gasteiger partial charge on any atom is 0.128 e. The Balaban J connectivity index is 2.64. The molecular weight excluding hydrogens is 186 g/mol. The van der Waals surface area contributed by atoms with E-state index in [1.807, 2.05) is 31.3 Å². The number of aromatic nitrogens is 1. The monoisotopic (exact) mass is 207 g/mol. The smallest absolute Gasteiger partial charge is 0.128 e. The van der Waals surface area contributed by atoms with Gasteiger partial charge in [-0.15, -0.1) is 0 Å². The molecule has 0 saturated carbocycles. The van der Waals surface area contributed by atoms with Crippen LogP contribution in [0.25, 0.3) is 0 Å². The highest BCUT2D eigenvalue weighted by Gasteiger charge is 2.06. The molecular formula is C12H21N3. The first-order valence-electron chi connectivity index (χ1n) is 5.40. The molecule has 1 heterocycles. The van der Waals surface area contributed by atoms with Crippen LogP contribution in [0, 0.1) is 5.92 Å². The fraction of sp³-hybridized carbons (Fsp3) is 0.583. The zero-order valence-corrected chi connectivity index (χ0v) is 10.3. The van der Waals surface area contributed by atoms with E-state index < -0.39 is 0 Å². The zero-order chi connectivity index (χ0) is 11.4. The molecule has 0 aromatic carbocycles. The zero-order valence-electron chi connectivity index (χ0n) is 10.3. The molecule has 0 bridgehead atoms. The van der Waals surface area contributed by atoms with Crippen LogP contribution in [0.4, 0.5) is 11.5 Å². The average Bonchev–Trinajstić information content (AvgIpc) is 2.18. The van der Waals surface area contributed by atoms with Crippen LogP contribution in [-0.4, -0.2) is 25.1 Å². The summed E-state index contributed by atoms with van der Waals surface area (Å²) < 4.78 is 0. The molecule has 1 unspecified atom stereocenters. The number of rotatable bonds is 4. The number of pyridine rings is 1. The molecule has 1 aromatic heterocycles. The molecule has 0 aliphatic rings. The summed E-state index contributed by atoms with van der Waals surface area (Å²) in [6.07, 6.45) is 1.88. The van der Waals surface area contributed by atoms with E-state index >= 15 is 0 Å². The van der Waals surface area contributed by atoms with Gasteiger partial charge in [0.15, 0.2) is 0 Å². The van der Waals surface area contributed by atoms with Crippen LogP contribution in [0.2, 0.25) is 0 Å². The van der Waals surface area contributed by atoms with Crippen LogP contribution in [-0.2, 0) is 0 Å². The molecule has 0 radical (unpaired) electrons. The Hall–Kier alpha value is -1.25. The van der Waals surface area contributed by atoms with Crippen molar-refractivity contribution >= 4 is 11.5 Å². The van der Waals surface area contributed by atoms with Crippen molar-refractivity contribution < 1.29 is 0 Å². The van der Waals surface area contributed by atoms with Gasteiger partial charge in [-0.3, -0.25) is 0 Å².